The number of likely N-dealkylation sites (tertiary alicyclic amines) is 1. The highest BCUT2D eigenvalue weighted by Gasteiger charge is 2.37. The van der Waals surface area contributed by atoms with Crippen LogP contribution >= 0.6 is 0 Å². The van der Waals surface area contributed by atoms with Crippen molar-refractivity contribution >= 4 is 11.7 Å². The summed E-state index contributed by atoms with van der Waals surface area (Å²) < 4.78 is 0. The maximum absolute atomic E-state index is 12.6. The second-order valence-corrected chi connectivity index (χ2v) is 5.83. The van der Waals surface area contributed by atoms with Crippen LogP contribution in [-0.2, 0) is 0 Å². The Hall–Kier alpha value is -1.91. The van der Waals surface area contributed by atoms with Gasteiger partial charge < -0.3 is 10.6 Å². The first-order valence-electron chi connectivity index (χ1n) is 7.21. The summed E-state index contributed by atoms with van der Waals surface area (Å²) in [7, 11) is 0. The molecule has 1 aliphatic heterocycles. The van der Waals surface area contributed by atoms with Crippen molar-refractivity contribution in [3.8, 4) is 0 Å². The fourth-order valence-corrected chi connectivity index (χ4v) is 3.36. The van der Waals surface area contributed by atoms with Crippen LogP contribution in [0.5, 0.6) is 0 Å². The second-order valence-electron chi connectivity index (χ2n) is 5.83. The Kier molecular flexibility index (Phi) is 3.42. The van der Waals surface area contributed by atoms with Gasteiger partial charge in [-0.25, -0.2) is 9.97 Å². The molecule has 0 bridgehead atoms. The normalized spacial score (nSPS) is 25.9. The monoisotopic (exact) mass is 272 g/mol. The van der Waals surface area contributed by atoms with Gasteiger partial charge in [-0.05, 0) is 37.5 Å². The standard InChI is InChI=1S/C15H20N4O/c16-13-12(17-8-9-18-13)14(20)19-10-4-7-15(11-19)5-2-1-3-6-15/h1-2,8-9H,3-7,10-11H2,(H2,16,18). The third-order valence-electron chi connectivity index (χ3n) is 4.44. The first kappa shape index (κ1) is 13.1. The van der Waals surface area contributed by atoms with E-state index in [1.165, 1.54) is 25.2 Å². The summed E-state index contributed by atoms with van der Waals surface area (Å²) in [4.78, 5) is 22.5. The SMILES string of the molecule is Nc1nccnc1C(=O)N1CCCC2(CC=CCC2)C1. The summed E-state index contributed by atoms with van der Waals surface area (Å²) in [6.45, 7) is 1.60. The van der Waals surface area contributed by atoms with Crippen LogP contribution in [0, 0.1) is 5.41 Å². The van der Waals surface area contributed by atoms with Crippen molar-refractivity contribution in [1.29, 1.82) is 0 Å². The Balaban J connectivity index is 1.79. The summed E-state index contributed by atoms with van der Waals surface area (Å²) in [5, 5.41) is 0. The van der Waals surface area contributed by atoms with E-state index >= 15 is 0 Å². The topological polar surface area (TPSA) is 72.1 Å². The predicted molar refractivity (Wildman–Crippen MR) is 77.0 cm³/mol. The van der Waals surface area contributed by atoms with Crippen LogP contribution in [0.3, 0.4) is 0 Å². The maximum Gasteiger partial charge on any atom is 0.276 e. The van der Waals surface area contributed by atoms with Crippen molar-refractivity contribution in [2.24, 2.45) is 5.41 Å². The molecule has 1 unspecified atom stereocenters. The van der Waals surface area contributed by atoms with Crippen molar-refractivity contribution < 1.29 is 4.79 Å². The van der Waals surface area contributed by atoms with Gasteiger partial charge in [-0.15, -0.1) is 0 Å². The van der Waals surface area contributed by atoms with E-state index < -0.39 is 0 Å². The minimum absolute atomic E-state index is 0.0794. The maximum atomic E-state index is 12.6. The molecule has 20 heavy (non-hydrogen) atoms. The van der Waals surface area contributed by atoms with E-state index in [2.05, 4.69) is 22.1 Å². The van der Waals surface area contributed by atoms with Gasteiger partial charge in [0.1, 0.15) is 0 Å². The number of aromatic nitrogens is 2. The third-order valence-corrected chi connectivity index (χ3v) is 4.44. The average Bonchev–Trinajstić information content (AvgIpc) is 2.48. The van der Waals surface area contributed by atoms with Gasteiger partial charge in [0.05, 0.1) is 0 Å². The highest BCUT2D eigenvalue weighted by Crippen LogP contribution is 2.41. The zero-order chi connectivity index (χ0) is 14.0. The van der Waals surface area contributed by atoms with Crippen LogP contribution in [0.15, 0.2) is 24.5 Å². The summed E-state index contributed by atoms with van der Waals surface area (Å²) in [5.41, 5.74) is 6.32. The zero-order valence-electron chi connectivity index (χ0n) is 11.6. The van der Waals surface area contributed by atoms with Gasteiger partial charge in [-0.1, -0.05) is 12.2 Å². The Morgan fingerprint density at radius 1 is 1.25 bits per heavy atom. The van der Waals surface area contributed by atoms with Crippen LogP contribution in [0.1, 0.15) is 42.6 Å². The molecule has 1 fully saturated rings. The van der Waals surface area contributed by atoms with E-state index in [0.29, 0.717) is 0 Å². The quantitative estimate of drug-likeness (QED) is 0.794. The Labute approximate surface area is 118 Å². The molecule has 0 radical (unpaired) electrons. The first-order valence-corrected chi connectivity index (χ1v) is 7.21. The lowest BCUT2D eigenvalue weighted by atomic mass is 9.71. The molecule has 0 saturated carbocycles. The lowest BCUT2D eigenvalue weighted by Crippen LogP contribution is -2.46. The zero-order valence-corrected chi connectivity index (χ0v) is 11.6. The number of anilines is 1. The molecule has 1 amide bonds. The Bertz CT molecular complexity index is 542. The number of hydrogen-bond donors (Lipinski definition) is 1. The van der Waals surface area contributed by atoms with Crippen molar-refractivity contribution in [3.63, 3.8) is 0 Å². The number of rotatable bonds is 1. The van der Waals surface area contributed by atoms with Gasteiger partial charge in [0.25, 0.3) is 5.91 Å². The predicted octanol–water partition coefficient (Wildman–Crippen LogP) is 2.02. The summed E-state index contributed by atoms with van der Waals surface area (Å²) in [5.74, 6) is 0.143. The summed E-state index contributed by atoms with van der Waals surface area (Å²) >= 11 is 0. The molecule has 1 saturated heterocycles. The minimum atomic E-state index is -0.0794. The second kappa shape index (κ2) is 5.23. The van der Waals surface area contributed by atoms with Crippen molar-refractivity contribution in [2.75, 3.05) is 18.8 Å². The molecular weight excluding hydrogens is 252 g/mol. The van der Waals surface area contributed by atoms with E-state index in [1.807, 2.05) is 4.90 Å². The number of nitrogen functional groups attached to an aromatic ring is 1. The van der Waals surface area contributed by atoms with E-state index in [4.69, 9.17) is 5.73 Å². The molecular formula is C15H20N4O. The number of carbonyl (C=O) groups excluding carboxylic acids is 1. The van der Waals surface area contributed by atoms with E-state index in [9.17, 15) is 4.79 Å². The fraction of sp³-hybridized carbons (Fsp3) is 0.533. The van der Waals surface area contributed by atoms with Crippen molar-refractivity contribution in [3.05, 3.63) is 30.2 Å². The fourth-order valence-electron chi connectivity index (χ4n) is 3.36. The number of nitrogens with zero attached hydrogens (tertiary/aromatic N) is 3. The molecule has 5 nitrogen and oxygen atoms in total. The summed E-state index contributed by atoms with van der Waals surface area (Å²) in [6.07, 6.45) is 13.2. The number of piperidine rings is 1. The van der Waals surface area contributed by atoms with E-state index in [0.717, 1.165) is 32.4 Å². The van der Waals surface area contributed by atoms with Gasteiger partial charge in [0, 0.05) is 25.5 Å². The minimum Gasteiger partial charge on any atom is -0.382 e. The smallest absolute Gasteiger partial charge is 0.276 e. The molecule has 3 rings (SSSR count). The molecule has 1 aromatic heterocycles. The molecule has 1 atom stereocenters. The van der Waals surface area contributed by atoms with Crippen LogP contribution in [-0.4, -0.2) is 33.9 Å². The Morgan fingerprint density at radius 2 is 2.10 bits per heavy atom. The van der Waals surface area contributed by atoms with Crippen molar-refractivity contribution in [2.45, 2.75) is 32.1 Å². The molecule has 2 heterocycles. The van der Waals surface area contributed by atoms with Crippen LogP contribution in [0.25, 0.3) is 0 Å². The first-order chi connectivity index (χ1) is 9.70. The van der Waals surface area contributed by atoms with E-state index in [-0.39, 0.29) is 22.8 Å². The largest absolute Gasteiger partial charge is 0.382 e. The Morgan fingerprint density at radius 3 is 2.85 bits per heavy atom. The van der Waals surface area contributed by atoms with Gasteiger partial charge in [-0.3, -0.25) is 4.79 Å². The number of hydrogen-bond acceptors (Lipinski definition) is 4. The molecule has 5 heteroatoms. The van der Waals surface area contributed by atoms with Crippen LogP contribution in [0.2, 0.25) is 0 Å². The number of nitrogens with two attached hydrogens (primary N) is 1. The highest BCUT2D eigenvalue weighted by atomic mass is 16.2. The molecule has 1 spiro atoms. The van der Waals surface area contributed by atoms with Crippen molar-refractivity contribution in [1.82, 2.24) is 14.9 Å². The molecule has 1 aliphatic carbocycles. The molecule has 2 N–H and O–H groups in total. The van der Waals surface area contributed by atoms with Gasteiger partial charge >= 0.3 is 0 Å². The van der Waals surface area contributed by atoms with E-state index in [1.54, 1.807) is 0 Å². The number of allylic oxidation sites excluding steroid dienone is 2. The molecule has 1 aromatic rings. The highest BCUT2D eigenvalue weighted by molar-refractivity contribution is 5.96. The lowest BCUT2D eigenvalue weighted by Gasteiger charge is -2.43. The number of amides is 1. The van der Waals surface area contributed by atoms with Crippen LogP contribution in [0.4, 0.5) is 5.82 Å². The molecule has 0 aromatic carbocycles. The molecule has 2 aliphatic rings. The van der Waals surface area contributed by atoms with Crippen LogP contribution < -0.4 is 5.73 Å². The van der Waals surface area contributed by atoms with Gasteiger partial charge in [0.15, 0.2) is 11.5 Å². The van der Waals surface area contributed by atoms with Gasteiger partial charge in [0.2, 0.25) is 0 Å². The average molecular weight is 272 g/mol. The third kappa shape index (κ3) is 2.40. The number of carbonyl (C=O) groups is 1. The summed E-state index contributed by atoms with van der Waals surface area (Å²) in [6, 6.07) is 0. The molecule has 106 valence electrons. The lowest BCUT2D eigenvalue weighted by molar-refractivity contribution is 0.0480. The van der Waals surface area contributed by atoms with Gasteiger partial charge in [-0.2, -0.15) is 0 Å².